The van der Waals surface area contributed by atoms with Gasteiger partial charge in [0.25, 0.3) is 0 Å². The number of halogens is 1. The topological polar surface area (TPSA) is 9.23 Å². The summed E-state index contributed by atoms with van der Waals surface area (Å²) >= 11 is 0.847. The van der Waals surface area contributed by atoms with Gasteiger partial charge in [0.05, 0.1) is 7.11 Å². The van der Waals surface area contributed by atoms with Crippen LogP contribution in [0.15, 0.2) is 24.3 Å². The maximum absolute atomic E-state index is 5.28. The monoisotopic (exact) mass is 232 g/mol. The van der Waals surface area contributed by atoms with Crippen LogP contribution in [0.2, 0.25) is 0 Å². The summed E-state index contributed by atoms with van der Waals surface area (Å²) in [5.41, 5.74) is 1.00. The molecule has 1 rings (SSSR count). The molecule has 12 heavy (non-hydrogen) atoms. The van der Waals surface area contributed by atoms with Crippen LogP contribution in [-0.4, -0.2) is 7.11 Å². The maximum atomic E-state index is 5.28. The fraction of sp³-hybridized carbons (Fsp3) is 0.111. The molecule has 0 heterocycles. The van der Waals surface area contributed by atoms with Gasteiger partial charge in [-0.3, -0.25) is 6.58 Å². The summed E-state index contributed by atoms with van der Waals surface area (Å²) in [6, 6.07) is 7.55. The van der Waals surface area contributed by atoms with Gasteiger partial charge >= 0.3 is 27.0 Å². The van der Waals surface area contributed by atoms with Crippen LogP contribution in [0.3, 0.4) is 0 Å². The zero-order chi connectivity index (χ0) is 9.40. The molecule has 0 atom stereocenters. The molecule has 0 N–H and O–H groups in total. The molecule has 0 aliphatic rings. The molecule has 0 aromatic heterocycles. The third kappa shape index (κ3) is 3.89. The molecule has 0 fully saturated rings. The van der Waals surface area contributed by atoms with E-state index in [1.54, 1.807) is 13.2 Å². The average molecular weight is 234 g/mol. The van der Waals surface area contributed by atoms with Gasteiger partial charge in [0.2, 0.25) is 0 Å². The van der Waals surface area contributed by atoms with E-state index in [1.165, 1.54) is 0 Å². The summed E-state index contributed by atoms with van der Waals surface area (Å²) in [4.78, 5) is 0. The first-order chi connectivity index (χ1) is 5.86. The zero-order valence-corrected chi connectivity index (χ0v) is 10.7. The Balaban J connectivity index is 0.000000561. The Morgan fingerprint density at radius 2 is 1.83 bits per heavy atom. The van der Waals surface area contributed by atoms with Crippen LogP contribution in [0.4, 0.5) is 0 Å². The van der Waals surface area contributed by atoms with E-state index >= 15 is 0 Å². The third-order valence-corrected chi connectivity index (χ3v) is 1.31. The fourth-order valence-electron chi connectivity index (χ4n) is 0.715. The molecule has 0 aliphatic heterocycles. The van der Waals surface area contributed by atoms with E-state index in [9.17, 15) is 0 Å². The Morgan fingerprint density at radius 1 is 1.33 bits per heavy atom. The number of hydrogen-bond acceptors (Lipinski definition) is 1. The van der Waals surface area contributed by atoms with Crippen molar-refractivity contribution >= 4 is 15.8 Å². The Morgan fingerprint density at radius 3 is 2.17 bits per heavy atom. The number of hydrogen-bond donors (Lipinski definition) is 0. The van der Waals surface area contributed by atoms with E-state index in [4.69, 9.17) is 21.0 Å². The van der Waals surface area contributed by atoms with Gasteiger partial charge in [0.1, 0.15) is 5.75 Å². The molecule has 60 valence electrons. The predicted octanol–water partition coefficient (Wildman–Crippen LogP) is 2.83. The van der Waals surface area contributed by atoms with Gasteiger partial charge in [0.15, 0.2) is 0 Å². The van der Waals surface area contributed by atoms with Crippen molar-refractivity contribution < 1.29 is 22.0 Å². The number of methoxy groups -OCH3 is 1. The van der Waals surface area contributed by atoms with E-state index in [0.717, 1.165) is 28.6 Å². The molecule has 0 unspecified atom stereocenters. The molecule has 3 heteroatoms. The van der Waals surface area contributed by atoms with Crippen molar-refractivity contribution in [1.82, 2.24) is 0 Å². The van der Waals surface area contributed by atoms with Gasteiger partial charge in [0, 0.05) is 0 Å². The average Bonchev–Trinajstić information content (AvgIpc) is 2.21. The standard InChI is InChI=1S/C9H9O.ClH.Zn/c1-3-8-4-6-9(10-2)7-5-8;;/h1,3-7H,2H3;1H;/q-1;;+2/p-1. The van der Waals surface area contributed by atoms with Gasteiger partial charge < -0.3 is 4.74 Å². The van der Waals surface area contributed by atoms with Gasteiger partial charge in [-0.05, 0) is 12.1 Å². The van der Waals surface area contributed by atoms with Gasteiger partial charge in [-0.15, -0.1) is 12.1 Å². The van der Waals surface area contributed by atoms with Crippen LogP contribution < -0.4 is 4.74 Å². The van der Waals surface area contributed by atoms with E-state index in [2.05, 4.69) is 0 Å². The molecule has 0 radical (unpaired) electrons. The number of rotatable bonds is 2. The molecule has 1 aromatic carbocycles. The Labute approximate surface area is 87.1 Å². The molecular weight excluding hydrogens is 225 g/mol. The van der Waals surface area contributed by atoms with Crippen molar-refractivity contribution in [3.05, 3.63) is 36.4 Å². The summed E-state index contributed by atoms with van der Waals surface area (Å²) in [7, 11) is 6.40. The predicted molar refractivity (Wildman–Crippen MR) is 47.6 cm³/mol. The fourth-order valence-corrected chi connectivity index (χ4v) is 0.715. The molecular formula is C9H9ClOZn. The summed E-state index contributed by atoms with van der Waals surface area (Å²) in [6.45, 7) is 5.28. The zero-order valence-electron chi connectivity index (χ0n) is 6.96. The SMILES string of the molecule is [CH-]=Cc1ccc(OC)cc1.[Cl][Zn+]. The van der Waals surface area contributed by atoms with E-state index in [1.807, 2.05) is 24.3 Å². The molecule has 0 bridgehead atoms. The van der Waals surface area contributed by atoms with E-state index in [-0.39, 0.29) is 0 Å². The Hall–Kier alpha value is -0.327. The van der Waals surface area contributed by atoms with Crippen molar-refractivity contribution in [2.75, 3.05) is 7.11 Å². The van der Waals surface area contributed by atoms with E-state index in [0.29, 0.717) is 0 Å². The summed E-state index contributed by atoms with van der Waals surface area (Å²) in [5, 5.41) is 0. The van der Waals surface area contributed by atoms with Crippen molar-refractivity contribution in [2.24, 2.45) is 0 Å². The summed E-state index contributed by atoms with van der Waals surface area (Å²) in [6.07, 6.45) is 1.56. The first-order valence-electron chi connectivity index (χ1n) is 3.32. The van der Waals surface area contributed by atoms with E-state index < -0.39 is 0 Å². The van der Waals surface area contributed by atoms with Crippen LogP contribution in [0.1, 0.15) is 5.56 Å². The van der Waals surface area contributed by atoms with Gasteiger partial charge in [-0.25, -0.2) is 6.08 Å². The molecule has 0 amide bonds. The molecule has 0 spiro atoms. The van der Waals surface area contributed by atoms with Crippen LogP contribution in [0.5, 0.6) is 5.75 Å². The van der Waals surface area contributed by atoms with Crippen molar-refractivity contribution in [3.63, 3.8) is 0 Å². The first kappa shape index (κ1) is 11.7. The number of benzene rings is 1. The van der Waals surface area contributed by atoms with Crippen LogP contribution in [-0.2, 0) is 17.3 Å². The molecule has 0 saturated carbocycles. The van der Waals surface area contributed by atoms with Crippen molar-refractivity contribution in [2.45, 2.75) is 0 Å². The molecule has 0 saturated heterocycles. The Bertz CT molecular complexity index is 220. The minimum absolute atomic E-state index is 0.847. The molecule has 1 aromatic rings. The molecule has 1 nitrogen and oxygen atoms in total. The Kier molecular flexibility index (Phi) is 7.13. The van der Waals surface area contributed by atoms with Crippen molar-refractivity contribution in [3.8, 4) is 5.75 Å². The number of ether oxygens (including phenoxy) is 1. The van der Waals surface area contributed by atoms with Crippen LogP contribution in [0.25, 0.3) is 6.08 Å². The molecule has 0 aliphatic carbocycles. The second kappa shape index (κ2) is 7.33. The normalized spacial score (nSPS) is 8.00. The second-order valence-corrected chi connectivity index (χ2v) is 1.94. The second-order valence-electron chi connectivity index (χ2n) is 1.94. The first-order valence-corrected chi connectivity index (χ1v) is 7.22. The quantitative estimate of drug-likeness (QED) is 0.564. The van der Waals surface area contributed by atoms with Crippen molar-refractivity contribution in [1.29, 1.82) is 0 Å². The summed E-state index contributed by atoms with van der Waals surface area (Å²) in [5.74, 6) is 0.852. The minimum atomic E-state index is 0.847. The van der Waals surface area contributed by atoms with Gasteiger partial charge in [-0.1, -0.05) is 0 Å². The summed E-state index contributed by atoms with van der Waals surface area (Å²) < 4.78 is 4.96. The van der Waals surface area contributed by atoms with Gasteiger partial charge in [-0.2, -0.15) is 5.56 Å². The third-order valence-electron chi connectivity index (χ3n) is 1.31. The van der Waals surface area contributed by atoms with Crippen LogP contribution in [0, 0.1) is 6.58 Å². The van der Waals surface area contributed by atoms with Crippen LogP contribution >= 0.6 is 9.69 Å².